The van der Waals surface area contributed by atoms with Crippen LogP contribution >= 0.6 is 15.9 Å². The van der Waals surface area contributed by atoms with Crippen molar-refractivity contribution in [2.75, 3.05) is 11.8 Å². The molecular weight excluding hydrogens is 418 g/mol. The molecule has 0 amide bonds. The van der Waals surface area contributed by atoms with Gasteiger partial charge in [-0.15, -0.1) is 0 Å². The third-order valence-corrected chi connectivity index (χ3v) is 5.78. The smallest absolute Gasteiger partial charge is 0.261 e. The second-order valence-electron chi connectivity index (χ2n) is 5.79. The molecule has 0 bridgehead atoms. The van der Waals surface area contributed by atoms with E-state index in [1.165, 1.54) is 19.2 Å². The molecule has 3 rings (SSSR count). The van der Waals surface area contributed by atoms with Gasteiger partial charge in [-0.05, 0) is 72.2 Å². The average Bonchev–Trinajstić information content (AvgIpc) is 2.93. The Balaban J connectivity index is 1.92. The lowest BCUT2D eigenvalue weighted by atomic mass is 10.3. The molecule has 0 unspecified atom stereocenters. The number of nitrogens with zero attached hydrogens (tertiary/aromatic N) is 2. The number of methoxy groups -OCH3 is 1. The lowest BCUT2D eigenvalue weighted by Crippen LogP contribution is -2.13. The zero-order valence-corrected chi connectivity index (χ0v) is 16.9. The minimum Gasteiger partial charge on any atom is -0.496 e. The summed E-state index contributed by atoms with van der Waals surface area (Å²) in [4.78, 5) is 0.140. The lowest BCUT2D eigenvalue weighted by Gasteiger charge is -2.11. The van der Waals surface area contributed by atoms with E-state index < -0.39 is 10.0 Å². The molecule has 0 saturated carbocycles. The number of ether oxygens (including phenoxy) is 1. The van der Waals surface area contributed by atoms with Crippen LogP contribution in [0.15, 0.2) is 57.9 Å². The van der Waals surface area contributed by atoms with Gasteiger partial charge < -0.3 is 4.74 Å². The van der Waals surface area contributed by atoms with Crippen molar-refractivity contribution in [3.05, 3.63) is 64.4 Å². The molecule has 26 heavy (non-hydrogen) atoms. The van der Waals surface area contributed by atoms with Gasteiger partial charge in [-0.1, -0.05) is 6.07 Å². The molecule has 0 spiro atoms. The maximum atomic E-state index is 12.7. The Labute approximate surface area is 161 Å². The van der Waals surface area contributed by atoms with E-state index in [-0.39, 0.29) is 4.90 Å². The predicted molar refractivity (Wildman–Crippen MR) is 105 cm³/mol. The number of sulfonamides is 1. The zero-order chi connectivity index (χ0) is 18.9. The van der Waals surface area contributed by atoms with Gasteiger partial charge in [0.2, 0.25) is 0 Å². The van der Waals surface area contributed by atoms with Gasteiger partial charge >= 0.3 is 0 Å². The van der Waals surface area contributed by atoms with Gasteiger partial charge in [-0.2, -0.15) is 5.10 Å². The van der Waals surface area contributed by atoms with Crippen molar-refractivity contribution in [3.63, 3.8) is 0 Å². The lowest BCUT2D eigenvalue weighted by molar-refractivity contribution is 0.411. The van der Waals surface area contributed by atoms with Gasteiger partial charge in [-0.3, -0.25) is 4.72 Å². The standard InChI is InChI=1S/C18H18BrN3O3S/c1-12-9-13(2)22(20-12)15-6-4-5-14(10-15)21-26(23,24)16-7-8-18(25-3)17(19)11-16/h4-11,21H,1-3H3. The van der Waals surface area contributed by atoms with Gasteiger partial charge in [0, 0.05) is 5.69 Å². The topological polar surface area (TPSA) is 73.2 Å². The summed E-state index contributed by atoms with van der Waals surface area (Å²) >= 11 is 3.31. The Morgan fingerprint density at radius 2 is 1.88 bits per heavy atom. The van der Waals surface area contributed by atoms with Crippen molar-refractivity contribution in [3.8, 4) is 11.4 Å². The molecule has 8 heteroatoms. The average molecular weight is 436 g/mol. The van der Waals surface area contributed by atoms with Crippen LogP contribution in [0.5, 0.6) is 5.75 Å². The summed E-state index contributed by atoms with van der Waals surface area (Å²) < 4.78 is 35.4. The molecule has 1 heterocycles. The SMILES string of the molecule is COc1ccc(S(=O)(=O)Nc2cccc(-n3nc(C)cc3C)c2)cc1Br. The molecule has 0 aliphatic rings. The number of benzene rings is 2. The zero-order valence-electron chi connectivity index (χ0n) is 14.5. The summed E-state index contributed by atoms with van der Waals surface area (Å²) in [6.45, 7) is 3.86. The van der Waals surface area contributed by atoms with Crippen molar-refractivity contribution in [1.82, 2.24) is 9.78 Å². The molecule has 0 radical (unpaired) electrons. The van der Waals surface area contributed by atoms with E-state index in [0.717, 1.165) is 17.1 Å². The number of halogens is 1. The largest absolute Gasteiger partial charge is 0.496 e. The minimum absolute atomic E-state index is 0.140. The number of hydrogen-bond acceptors (Lipinski definition) is 4. The third-order valence-electron chi connectivity index (χ3n) is 3.79. The van der Waals surface area contributed by atoms with Crippen LogP contribution in [0, 0.1) is 13.8 Å². The minimum atomic E-state index is -3.73. The molecule has 0 aliphatic heterocycles. The fraction of sp³-hybridized carbons (Fsp3) is 0.167. The molecule has 0 aliphatic carbocycles. The second kappa shape index (κ2) is 7.13. The van der Waals surface area contributed by atoms with Crippen LogP contribution < -0.4 is 9.46 Å². The summed E-state index contributed by atoms with van der Waals surface area (Å²) in [6.07, 6.45) is 0. The highest BCUT2D eigenvalue weighted by atomic mass is 79.9. The van der Waals surface area contributed by atoms with E-state index in [4.69, 9.17) is 4.74 Å². The van der Waals surface area contributed by atoms with Gasteiger partial charge in [-0.25, -0.2) is 13.1 Å². The molecule has 1 aromatic heterocycles. The van der Waals surface area contributed by atoms with Crippen LogP contribution in [0.25, 0.3) is 5.69 Å². The van der Waals surface area contributed by atoms with Crippen molar-refractivity contribution >= 4 is 31.6 Å². The summed E-state index contributed by atoms with van der Waals surface area (Å²) in [6, 6.07) is 13.7. The van der Waals surface area contributed by atoms with Crippen LogP contribution in [0.4, 0.5) is 5.69 Å². The van der Waals surface area contributed by atoms with Gasteiger partial charge in [0.05, 0.1) is 33.5 Å². The van der Waals surface area contributed by atoms with Crippen molar-refractivity contribution in [2.45, 2.75) is 18.7 Å². The Morgan fingerprint density at radius 3 is 2.50 bits per heavy atom. The maximum absolute atomic E-state index is 12.7. The quantitative estimate of drug-likeness (QED) is 0.655. The number of rotatable bonds is 5. The van der Waals surface area contributed by atoms with Gasteiger partial charge in [0.15, 0.2) is 0 Å². The molecule has 136 valence electrons. The molecule has 0 saturated heterocycles. The first-order valence-electron chi connectivity index (χ1n) is 7.80. The van der Waals surface area contributed by atoms with E-state index in [0.29, 0.717) is 15.9 Å². The summed E-state index contributed by atoms with van der Waals surface area (Å²) in [7, 11) is -2.21. The number of nitrogens with one attached hydrogen (secondary N) is 1. The molecule has 0 fully saturated rings. The van der Waals surface area contributed by atoms with Crippen LogP contribution in [0.2, 0.25) is 0 Å². The van der Waals surface area contributed by atoms with E-state index in [1.807, 2.05) is 26.0 Å². The number of hydrogen-bond donors (Lipinski definition) is 1. The molecular formula is C18H18BrN3O3S. The van der Waals surface area contributed by atoms with Crippen molar-refractivity contribution < 1.29 is 13.2 Å². The van der Waals surface area contributed by atoms with E-state index in [1.54, 1.807) is 28.9 Å². The first kappa shape index (κ1) is 18.5. The highest BCUT2D eigenvalue weighted by molar-refractivity contribution is 9.10. The Morgan fingerprint density at radius 1 is 1.12 bits per heavy atom. The maximum Gasteiger partial charge on any atom is 0.261 e. The summed E-state index contributed by atoms with van der Waals surface area (Å²) in [5.74, 6) is 0.565. The molecule has 6 nitrogen and oxygen atoms in total. The van der Waals surface area contributed by atoms with Crippen LogP contribution in [0.3, 0.4) is 0 Å². The van der Waals surface area contributed by atoms with E-state index >= 15 is 0 Å². The Kier molecular flexibility index (Phi) is 5.06. The van der Waals surface area contributed by atoms with Gasteiger partial charge in [0.1, 0.15) is 5.75 Å². The normalized spacial score (nSPS) is 11.4. The van der Waals surface area contributed by atoms with Gasteiger partial charge in [0.25, 0.3) is 10.0 Å². The van der Waals surface area contributed by atoms with Crippen LogP contribution in [0.1, 0.15) is 11.4 Å². The monoisotopic (exact) mass is 435 g/mol. The fourth-order valence-electron chi connectivity index (χ4n) is 2.62. The highest BCUT2D eigenvalue weighted by Gasteiger charge is 2.16. The fourth-order valence-corrected chi connectivity index (χ4v) is 4.39. The number of aryl methyl sites for hydroxylation is 2. The van der Waals surface area contributed by atoms with Crippen molar-refractivity contribution in [2.24, 2.45) is 0 Å². The molecule has 0 atom stereocenters. The van der Waals surface area contributed by atoms with Crippen LogP contribution in [-0.2, 0) is 10.0 Å². The molecule has 1 N–H and O–H groups in total. The Bertz CT molecular complexity index is 1060. The number of anilines is 1. The highest BCUT2D eigenvalue weighted by Crippen LogP contribution is 2.28. The van der Waals surface area contributed by atoms with E-state index in [9.17, 15) is 8.42 Å². The summed E-state index contributed by atoms with van der Waals surface area (Å²) in [5, 5.41) is 4.43. The third kappa shape index (κ3) is 3.76. The second-order valence-corrected chi connectivity index (χ2v) is 8.33. The number of aromatic nitrogens is 2. The first-order valence-corrected chi connectivity index (χ1v) is 10.1. The van der Waals surface area contributed by atoms with E-state index in [2.05, 4.69) is 25.8 Å². The first-order chi connectivity index (χ1) is 12.3. The van der Waals surface area contributed by atoms with Crippen LogP contribution in [-0.4, -0.2) is 25.3 Å². The molecule has 3 aromatic rings. The predicted octanol–water partition coefficient (Wildman–Crippen LogP) is 4.06. The van der Waals surface area contributed by atoms with Crippen molar-refractivity contribution in [1.29, 1.82) is 0 Å². The summed E-state index contributed by atoms with van der Waals surface area (Å²) in [5.41, 5.74) is 3.12. The molecule has 2 aromatic carbocycles. The Hall–Kier alpha value is -2.32.